The molecular formula is C15H19F6N3O3. The van der Waals surface area contributed by atoms with E-state index >= 15 is 0 Å². The second kappa shape index (κ2) is 8.03. The van der Waals surface area contributed by atoms with Crippen molar-refractivity contribution in [2.45, 2.75) is 68.8 Å². The molecule has 0 radical (unpaired) electrons. The van der Waals surface area contributed by atoms with E-state index < -0.39 is 24.2 Å². The third kappa shape index (κ3) is 5.81. The quantitative estimate of drug-likeness (QED) is 0.730. The Balaban J connectivity index is 0.000000321. The van der Waals surface area contributed by atoms with Gasteiger partial charge in [-0.3, -0.25) is 0 Å². The molecule has 1 heterocycles. The van der Waals surface area contributed by atoms with Crippen molar-refractivity contribution in [2.75, 3.05) is 0 Å². The number of aromatic nitrogens is 2. The molecule has 1 aromatic rings. The van der Waals surface area contributed by atoms with Crippen molar-refractivity contribution in [3.8, 4) is 0 Å². The molecule has 12 heteroatoms. The van der Waals surface area contributed by atoms with Crippen LogP contribution < -0.4 is 5.73 Å². The summed E-state index contributed by atoms with van der Waals surface area (Å²) >= 11 is 0. The number of aliphatic carboxylic acids is 1. The molecule has 0 spiro atoms. The molecule has 0 bridgehead atoms. The van der Waals surface area contributed by atoms with Gasteiger partial charge in [0.2, 0.25) is 11.8 Å². The molecule has 0 atom stereocenters. The molecule has 2 aliphatic carbocycles. The minimum atomic E-state index is -5.08. The second-order valence-electron chi connectivity index (χ2n) is 6.80. The Kier molecular flexibility index (Phi) is 6.38. The van der Waals surface area contributed by atoms with Crippen LogP contribution in [-0.4, -0.2) is 39.7 Å². The molecule has 0 aromatic carbocycles. The number of rotatable bonds is 2. The zero-order valence-electron chi connectivity index (χ0n) is 14.1. The molecule has 0 unspecified atom stereocenters. The first-order valence-electron chi connectivity index (χ1n) is 8.33. The predicted octanol–water partition coefficient (Wildman–Crippen LogP) is 3.74. The lowest BCUT2D eigenvalue weighted by Gasteiger charge is -2.34. The summed E-state index contributed by atoms with van der Waals surface area (Å²) in [4.78, 5) is 8.90. The number of alkyl halides is 6. The molecule has 0 aliphatic heterocycles. The highest BCUT2D eigenvalue weighted by Gasteiger charge is 2.49. The highest BCUT2D eigenvalue weighted by molar-refractivity contribution is 5.73. The lowest BCUT2D eigenvalue weighted by molar-refractivity contribution is -0.198. The maximum absolute atomic E-state index is 12.4. The maximum Gasteiger partial charge on any atom is 0.490 e. The van der Waals surface area contributed by atoms with Crippen LogP contribution in [0.3, 0.4) is 0 Å². The SMILES string of the molecule is NC1CCC(c2nnc(C3CC(C(F)(F)F)C3)o2)CC1.O=C(O)C(F)(F)F. The zero-order chi connectivity index (χ0) is 20.4. The first-order valence-corrected chi connectivity index (χ1v) is 8.33. The number of hydrogen-bond donors (Lipinski definition) is 2. The van der Waals surface area contributed by atoms with Crippen molar-refractivity contribution in [2.24, 2.45) is 11.7 Å². The van der Waals surface area contributed by atoms with Crippen molar-refractivity contribution in [3.05, 3.63) is 11.8 Å². The molecule has 3 rings (SSSR count). The predicted molar refractivity (Wildman–Crippen MR) is 78.7 cm³/mol. The Bertz CT molecular complexity index is 631. The fourth-order valence-corrected chi connectivity index (χ4v) is 3.03. The smallest absolute Gasteiger partial charge is 0.475 e. The normalized spacial score (nSPS) is 28.7. The molecule has 2 fully saturated rings. The first-order chi connectivity index (χ1) is 12.4. The summed E-state index contributed by atoms with van der Waals surface area (Å²) in [5.41, 5.74) is 5.84. The van der Waals surface area contributed by atoms with Gasteiger partial charge in [-0.15, -0.1) is 10.2 Å². The van der Waals surface area contributed by atoms with E-state index in [0.717, 1.165) is 25.7 Å². The number of halogens is 6. The number of hydrogen-bond acceptors (Lipinski definition) is 5. The molecule has 2 aliphatic rings. The van der Waals surface area contributed by atoms with Crippen LogP contribution in [0.2, 0.25) is 0 Å². The summed E-state index contributed by atoms with van der Waals surface area (Å²) in [6.45, 7) is 0. The van der Waals surface area contributed by atoms with Crippen LogP contribution in [0.25, 0.3) is 0 Å². The first kappa shape index (κ1) is 21.5. The largest absolute Gasteiger partial charge is 0.490 e. The van der Waals surface area contributed by atoms with Gasteiger partial charge in [0, 0.05) is 17.9 Å². The number of carboxylic acid groups (broad SMARTS) is 1. The second-order valence-corrected chi connectivity index (χ2v) is 6.80. The fourth-order valence-electron chi connectivity index (χ4n) is 3.03. The summed E-state index contributed by atoms with van der Waals surface area (Å²) in [6, 6.07) is 0.243. The number of nitrogens with zero attached hydrogens (tertiary/aromatic N) is 2. The lowest BCUT2D eigenvalue weighted by Crippen LogP contribution is -2.34. The molecule has 154 valence electrons. The van der Waals surface area contributed by atoms with E-state index in [0.29, 0.717) is 11.8 Å². The van der Waals surface area contributed by atoms with Crippen LogP contribution >= 0.6 is 0 Å². The van der Waals surface area contributed by atoms with Crippen molar-refractivity contribution >= 4 is 5.97 Å². The molecule has 1 aromatic heterocycles. The standard InChI is InChI=1S/C13H18F3N3O.C2HF3O2/c14-13(15,16)9-5-8(6-9)12-19-18-11(20-12)7-1-3-10(17)4-2-7;3-2(4,5)1(6)7/h7-10H,1-6,17H2;(H,6,7). The number of carboxylic acids is 1. The van der Waals surface area contributed by atoms with E-state index in [-0.39, 0.29) is 30.7 Å². The van der Waals surface area contributed by atoms with E-state index in [1.807, 2.05) is 0 Å². The van der Waals surface area contributed by atoms with Crippen molar-refractivity contribution in [1.82, 2.24) is 10.2 Å². The van der Waals surface area contributed by atoms with Crippen LogP contribution in [-0.2, 0) is 4.79 Å². The fraction of sp³-hybridized carbons (Fsp3) is 0.800. The van der Waals surface area contributed by atoms with E-state index in [9.17, 15) is 26.3 Å². The van der Waals surface area contributed by atoms with Gasteiger partial charge in [0.15, 0.2) is 0 Å². The highest BCUT2D eigenvalue weighted by Crippen LogP contribution is 2.49. The van der Waals surface area contributed by atoms with Crippen molar-refractivity contribution < 1.29 is 40.7 Å². The average molecular weight is 403 g/mol. The van der Waals surface area contributed by atoms with Crippen molar-refractivity contribution in [1.29, 1.82) is 0 Å². The molecule has 6 nitrogen and oxygen atoms in total. The minimum Gasteiger partial charge on any atom is -0.475 e. The topological polar surface area (TPSA) is 102 Å². The van der Waals surface area contributed by atoms with E-state index in [4.69, 9.17) is 20.1 Å². The van der Waals surface area contributed by atoms with Crippen LogP contribution in [0.4, 0.5) is 26.3 Å². The Morgan fingerprint density at radius 3 is 1.81 bits per heavy atom. The van der Waals surface area contributed by atoms with Crippen LogP contribution in [0.15, 0.2) is 4.42 Å². The molecular weight excluding hydrogens is 384 g/mol. The van der Waals surface area contributed by atoms with Crippen molar-refractivity contribution in [3.63, 3.8) is 0 Å². The summed E-state index contributed by atoms with van der Waals surface area (Å²) in [7, 11) is 0. The average Bonchev–Trinajstić information content (AvgIpc) is 2.94. The van der Waals surface area contributed by atoms with Crippen LogP contribution in [0, 0.1) is 5.92 Å². The van der Waals surface area contributed by atoms with Gasteiger partial charge >= 0.3 is 18.3 Å². The molecule has 3 N–H and O–H groups in total. The minimum absolute atomic E-state index is 0.0701. The Hall–Kier alpha value is -1.85. The Morgan fingerprint density at radius 1 is 0.963 bits per heavy atom. The summed E-state index contributed by atoms with van der Waals surface area (Å²) in [6.07, 6.45) is -5.35. The summed E-state index contributed by atoms with van der Waals surface area (Å²) in [5, 5.41) is 15.1. The van der Waals surface area contributed by atoms with E-state index in [1.54, 1.807) is 0 Å². The van der Waals surface area contributed by atoms with Crippen LogP contribution in [0.1, 0.15) is 62.1 Å². The van der Waals surface area contributed by atoms with Crippen LogP contribution in [0.5, 0.6) is 0 Å². The molecule has 0 amide bonds. The van der Waals surface area contributed by atoms with Gasteiger partial charge in [-0.25, -0.2) is 4.79 Å². The molecule has 27 heavy (non-hydrogen) atoms. The van der Waals surface area contributed by atoms with Gasteiger partial charge in [0.25, 0.3) is 0 Å². The lowest BCUT2D eigenvalue weighted by atomic mass is 9.74. The monoisotopic (exact) mass is 403 g/mol. The third-order valence-electron chi connectivity index (χ3n) is 4.77. The summed E-state index contributed by atoms with van der Waals surface area (Å²) < 4.78 is 74.7. The van der Waals surface area contributed by atoms with Gasteiger partial charge in [-0.05, 0) is 38.5 Å². The molecule has 2 saturated carbocycles. The third-order valence-corrected chi connectivity index (χ3v) is 4.77. The van der Waals surface area contributed by atoms with E-state index in [2.05, 4.69) is 10.2 Å². The Labute approximate surface area is 150 Å². The Morgan fingerprint density at radius 2 is 1.41 bits per heavy atom. The van der Waals surface area contributed by atoms with Gasteiger partial charge in [-0.1, -0.05) is 0 Å². The maximum atomic E-state index is 12.4. The van der Waals surface area contributed by atoms with E-state index in [1.165, 1.54) is 0 Å². The molecule has 0 saturated heterocycles. The van der Waals surface area contributed by atoms with Gasteiger partial charge in [0.1, 0.15) is 0 Å². The highest BCUT2D eigenvalue weighted by atomic mass is 19.4. The van der Waals surface area contributed by atoms with Gasteiger partial charge < -0.3 is 15.3 Å². The number of carbonyl (C=O) groups is 1. The van der Waals surface area contributed by atoms with Gasteiger partial charge in [0.05, 0.1) is 5.92 Å². The number of nitrogens with two attached hydrogens (primary N) is 1. The van der Waals surface area contributed by atoms with Gasteiger partial charge in [-0.2, -0.15) is 26.3 Å². The zero-order valence-corrected chi connectivity index (χ0v) is 14.1. The summed E-state index contributed by atoms with van der Waals surface area (Å²) in [5.74, 6) is -3.04.